The maximum absolute atomic E-state index is 11.7. The first-order valence-electron chi connectivity index (χ1n) is 6.01. The molecule has 17 heavy (non-hydrogen) atoms. The third kappa shape index (κ3) is 4.00. The second kappa shape index (κ2) is 7.27. The van der Waals surface area contributed by atoms with Crippen molar-refractivity contribution in [1.82, 2.24) is 5.32 Å². The summed E-state index contributed by atoms with van der Waals surface area (Å²) in [6.07, 6.45) is 1.04. The number of carboxylic acid groups (broad SMARTS) is 1. The third-order valence-electron chi connectivity index (χ3n) is 3.36. The van der Waals surface area contributed by atoms with E-state index in [9.17, 15) is 14.7 Å². The van der Waals surface area contributed by atoms with E-state index in [-0.39, 0.29) is 12.5 Å². The highest BCUT2D eigenvalue weighted by Gasteiger charge is 2.35. The normalized spacial score (nSPS) is 13.2. The van der Waals surface area contributed by atoms with Gasteiger partial charge in [0.2, 0.25) is 5.91 Å². The van der Waals surface area contributed by atoms with Crippen LogP contribution in [0.3, 0.4) is 0 Å². The van der Waals surface area contributed by atoms with Crippen molar-refractivity contribution in [1.29, 1.82) is 0 Å². The van der Waals surface area contributed by atoms with E-state index in [2.05, 4.69) is 5.32 Å². The predicted molar refractivity (Wildman–Crippen MR) is 64.7 cm³/mol. The van der Waals surface area contributed by atoms with E-state index in [0.29, 0.717) is 19.3 Å². The van der Waals surface area contributed by atoms with Gasteiger partial charge >= 0.3 is 5.97 Å². The Morgan fingerprint density at radius 2 is 1.82 bits per heavy atom. The van der Waals surface area contributed by atoms with Crippen molar-refractivity contribution >= 4 is 11.9 Å². The number of ether oxygens (including phenoxy) is 1. The Morgan fingerprint density at radius 3 is 2.12 bits per heavy atom. The molecule has 0 spiro atoms. The van der Waals surface area contributed by atoms with Crippen molar-refractivity contribution in [2.75, 3.05) is 13.7 Å². The van der Waals surface area contributed by atoms with Gasteiger partial charge in [-0.25, -0.2) is 0 Å². The van der Waals surface area contributed by atoms with Crippen LogP contribution in [0.1, 0.15) is 40.0 Å². The molecule has 0 aliphatic carbocycles. The van der Waals surface area contributed by atoms with Gasteiger partial charge in [0.25, 0.3) is 0 Å². The highest BCUT2D eigenvalue weighted by Crippen LogP contribution is 2.25. The molecule has 0 saturated carbocycles. The van der Waals surface area contributed by atoms with E-state index in [1.165, 1.54) is 7.11 Å². The van der Waals surface area contributed by atoms with Gasteiger partial charge in [-0.05, 0) is 19.3 Å². The fourth-order valence-corrected chi connectivity index (χ4v) is 1.71. The van der Waals surface area contributed by atoms with Gasteiger partial charge < -0.3 is 15.2 Å². The quantitative estimate of drug-likeness (QED) is 0.678. The molecule has 0 aliphatic heterocycles. The molecule has 0 aromatic rings. The van der Waals surface area contributed by atoms with Crippen molar-refractivity contribution < 1.29 is 19.4 Å². The van der Waals surface area contributed by atoms with Gasteiger partial charge in [0, 0.05) is 13.7 Å². The average molecular weight is 245 g/mol. The van der Waals surface area contributed by atoms with Crippen LogP contribution in [-0.4, -0.2) is 36.7 Å². The summed E-state index contributed by atoms with van der Waals surface area (Å²) in [6.45, 7) is 5.63. The molecule has 0 fully saturated rings. The maximum atomic E-state index is 11.7. The minimum absolute atomic E-state index is 0.147. The highest BCUT2D eigenvalue weighted by molar-refractivity contribution is 5.82. The van der Waals surface area contributed by atoms with E-state index < -0.39 is 17.5 Å². The summed E-state index contributed by atoms with van der Waals surface area (Å²) >= 11 is 0. The van der Waals surface area contributed by atoms with Crippen molar-refractivity contribution in [3.05, 3.63) is 0 Å². The zero-order valence-electron chi connectivity index (χ0n) is 11.1. The number of carbonyl (C=O) groups is 2. The number of carbonyl (C=O) groups excluding carboxylic acids is 1. The topological polar surface area (TPSA) is 75.6 Å². The van der Waals surface area contributed by atoms with Gasteiger partial charge in [-0.15, -0.1) is 0 Å². The summed E-state index contributed by atoms with van der Waals surface area (Å²) in [6, 6.07) is 0. The van der Waals surface area contributed by atoms with Crippen LogP contribution in [0.4, 0.5) is 0 Å². The molecule has 1 amide bonds. The van der Waals surface area contributed by atoms with Crippen LogP contribution in [0.5, 0.6) is 0 Å². The summed E-state index contributed by atoms with van der Waals surface area (Å²) in [5, 5.41) is 11.9. The monoisotopic (exact) mass is 245 g/mol. The predicted octanol–water partition coefficient (Wildman–Crippen LogP) is 1.42. The Kier molecular flexibility index (Phi) is 6.80. The lowest BCUT2D eigenvalue weighted by molar-refractivity contribution is -0.149. The molecular formula is C12H23NO4. The Morgan fingerprint density at radius 1 is 1.29 bits per heavy atom. The number of amides is 1. The summed E-state index contributed by atoms with van der Waals surface area (Å²) in [4.78, 5) is 22.9. The summed E-state index contributed by atoms with van der Waals surface area (Å²) in [5.41, 5.74) is -0.873. The molecule has 0 saturated heterocycles. The molecule has 100 valence electrons. The zero-order valence-corrected chi connectivity index (χ0v) is 11.1. The minimum Gasteiger partial charge on any atom is -0.481 e. The van der Waals surface area contributed by atoms with Gasteiger partial charge in [-0.2, -0.15) is 0 Å². The first-order valence-corrected chi connectivity index (χ1v) is 6.01. The van der Waals surface area contributed by atoms with E-state index in [4.69, 9.17) is 4.74 Å². The van der Waals surface area contributed by atoms with Crippen molar-refractivity contribution in [2.45, 2.75) is 46.1 Å². The molecule has 0 bridgehead atoms. The van der Waals surface area contributed by atoms with E-state index in [0.717, 1.165) is 0 Å². The van der Waals surface area contributed by atoms with Crippen LogP contribution in [0.2, 0.25) is 0 Å². The van der Waals surface area contributed by atoms with Crippen molar-refractivity contribution in [3.8, 4) is 0 Å². The van der Waals surface area contributed by atoms with E-state index in [1.807, 2.05) is 20.8 Å². The molecule has 0 radical (unpaired) electrons. The number of aliphatic carboxylic acids is 1. The van der Waals surface area contributed by atoms with Gasteiger partial charge in [-0.1, -0.05) is 20.8 Å². The molecule has 5 nitrogen and oxygen atoms in total. The number of methoxy groups -OCH3 is 1. The van der Waals surface area contributed by atoms with Crippen LogP contribution < -0.4 is 5.32 Å². The zero-order chi connectivity index (χ0) is 13.5. The molecular weight excluding hydrogens is 222 g/mol. The van der Waals surface area contributed by atoms with Crippen LogP contribution >= 0.6 is 0 Å². The second-order valence-electron chi connectivity index (χ2n) is 4.14. The fraction of sp³-hybridized carbons (Fsp3) is 0.833. The first-order chi connectivity index (χ1) is 7.97. The SMILES string of the molecule is CCC(OC)C(=O)NCC(CC)(CC)C(=O)O. The summed E-state index contributed by atoms with van der Waals surface area (Å²) < 4.78 is 4.99. The summed E-state index contributed by atoms with van der Waals surface area (Å²) in [5.74, 6) is -1.12. The molecule has 0 aromatic carbocycles. The van der Waals surface area contributed by atoms with Crippen molar-refractivity contribution in [3.63, 3.8) is 0 Å². The lowest BCUT2D eigenvalue weighted by Gasteiger charge is -2.27. The first kappa shape index (κ1) is 15.9. The minimum atomic E-state index is -0.873. The maximum Gasteiger partial charge on any atom is 0.311 e. The Hall–Kier alpha value is -1.10. The van der Waals surface area contributed by atoms with Crippen LogP contribution in [0.25, 0.3) is 0 Å². The number of carboxylic acids is 1. The van der Waals surface area contributed by atoms with Crippen molar-refractivity contribution in [2.24, 2.45) is 5.41 Å². The van der Waals surface area contributed by atoms with Gasteiger partial charge in [0.1, 0.15) is 6.10 Å². The lowest BCUT2D eigenvalue weighted by Crippen LogP contribution is -2.45. The Bertz CT molecular complexity index is 257. The largest absolute Gasteiger partial charge is 0.481 e. The number of rotatable bonds is 8. The molecule has 0 heterocycles. The smallest absolute Gasteiger partial charge is 0.311 e. The number of nitrogens with one attached hydrogen (secondary N) is 1. The molecule has 1 unspecified atom stereocenters. The van der Waals surface area contributed by atoms with Gasteiger partial charge in [0.05, 0.1) is 5.41 Å². The molecule has 0 rings (SSSR count). The van der Waals surface area contributed by atoms with Crippen LogP contribution in [0, 0.1) is 5.41 Å². The summed E-state index contributed by atoms with van der Waals surface area (Å²) in [7, 11) is 1.47. The fourth-order valence-electron chi connectivity index (χ4n) is 1.71. The van der Waals surface area contributed by atoms with Gasteiger partial charge in [0.15, 0.2) is 0 Å². The van der Waals surface area contributed by atoms with E-state index >= 15 is 0 Å². The van der Waals surface area contributed by atoms with E-state index in [1.54, 1.807) is 0 Å². The standard InChI is InChI=1S/C12H23NO4/c1-5-9(17-4)10(14)13-8-12(6-2,7-3)11(15)16/h9H,5-8H2,1-4H3,(H,13,14)(H,15,16). The Labute approximate surface area is 103 Å². The second-order valence-corrected chi connectivity index (χ2v) is 4.14. The third-order valence-corrected chi connectivity index (χ3v) is 3.36. The highest BCUT2D eigenvalue weighted by atomic mass is 16.5. The number of hydrogen-bond acceptors (Lipinski definition) is 3. The van der Waals surface area contributed by atoms with Crippen LogP contribution in [-0.2, 0) is 14.3 Å². The Balaban J connectivity index is 4.51. The molecule has 5 heteroatoms. The molecule has 0 aliphatic rings. The average Bonchev–Trinajstić information content (AvgIpc) is 2.32. The van der Waals surface area contributed by atoms with Crippen LogP contribution in [0.15, 0.2) is 0 Å². The molecule has 2 N–H and O–H groups in total. The molecule has 1 atom stereocenters. The number of hydrogen-bond donors (Lipinski definition) is 2. The molecule has 0 aromatic heterocycles. The van der Waals surface area contributed by atoms with Gasteiger partial charge in [-0.3, -0.25) is 9.59 Å². The lowest BCUT2D eigenvalue weighted by atomic mass is 9.82.